The van der Waals surface area contributed by atoms with Crippen LogP contribution in [0.25, 0.3) is 0 Å². The highest BCUT2D eigenvalue weighted by Crippen LogP contribution is 2.30. The third-order valence-corrected chi connectivity index (χ3v) is 9.18. The van der Waals surface area contributed by atoms with Crippen LogP contribution in [0.4, 0.5) is 5.69 Å². The van der Waals surface area contributed by atoms with E-state index in [2.05, 4.69) is 30.4 Å². The van der Waals surface area contributed by atoms with E-state index in [1.165, 1.54) is 32.2 Å². The summed E-state index contributed by atoms with van der Waals surface area (Å²) in [4.78, 5) is 38.2. The molecule has 2 fully saturated rings. The number of methoxy groups -OCH3 is 1. The number of amides is 1. The fourth-order valence-electron chi connectivity index (χ4n) is 5.27. The molecule has 224 valence electrons. The number of morpholine rings is 1. The van der Waals surface area contributed by atoms with Gasteiger partial charge in [0.1, 0.15) is 11.0 Å². The van der Waals surface area contributed by atoms with E-state index >= 15 is 0 Å². The first-order chi connectivity index (χ1) is 19.3. The highest BCUT2D eigenvalue weighted by molar-refractivity contribution is 7.89. The molecule has 11 nitrogen and oxygen atoms in total. The number of ether oxygens (including phenoxy) is 2. The summed E-state index contributed by atoms with van der Waals surface area (Å²) >= 11 is 0. The number of nitro groups is 1. The van der Waals surface area contributed by atoms with Gasteiger partial charge in [0, 0.05) is 24.6 Å². The molecule has 1 aliphatic carbocycles. The van der Waals surface area contributed by atoms with Gasteiger partial charge in [-0.2, -0.15) is 0 Å². The minimum Gasteiger partial charge on any atom is -0.468 e. The molecule has 1 amide bonds. The van der Waals surface area contributed by atoms with Gasteiger partial charge in [0.2, 0.25) is 15.9 Å². The van der Waals surface area contributed by atoms with Crippen molar-refractivity contribution in [1.29, 1.82) is 0 Å². The second kappa shape index (κ2) is 13.6. The number of carbonyl (C=O) groups is 2. The molecule has 2 atom stereocenters. The summed E-state index contributed by atoms with van der Waals surface area (Å²) in [5, 5.41) is 11.8. The molecule has 0 bridgehead atoms. The van der Waals surface area contributed by atoms with Crippen LogP contribution in [0.3, 0.4) is 0 Å². The monoisotopic (exact) mass is 589 g/mol. The van der Waals surface area contributed by atoms with Crippen molar-refractivity contribution in [2.75, 3.05) is 26.9 Å². The Morgan fingerprint density at radius 1 is 1.27 bits per heavy atom. The van der Waals surface area contributed by atoms with E-state index in [0.29, 0.717) is 45.4 Å². The lowest BCUT2D eigenvalue weighted by Gasteiger charge is -2.41. The van der Waals surface area contributed by atoms with Crippen molar-refractivity contribution >= 4 is 27.6 Å². The number of carbonyl (C=O) groups excluding carboxylic acids is 2. The van der Waals surface area contributed by atoms with Crippen LogP contribution in [0.5, 0.6) is 0 Å². The molecule has 1 heterocycles. The third-order valence-electron chi connectivity index (χ3n) is 7.66. The van der Waals surface area contributed by atoms with Crippen molar-refractivity contribution in [2.45, 2.75) is 70.4 Å². The second-order valence-electron chi connectivity index (χ2n) is 11.0. The van der Waals surface area contributed by atoms with E-state index in [1.807, 2.05) is 4.90 Å². The highest BCUT2D eigenvalue weighted by atomic mass is 32.2. The van der Waals surface area contributed by atoms with Crippen molar-refractivity contribution in [3.05, 3.63) is 46.0 Å². The largest absolute Gasteiger partial charge is 0.468 e. The minimum absolute atomic E-state index is 0.0320. The van der Waals surface area contributed by atoms with Gasteiger partial charge in [-0.3, -0.25) is 19.7 Å². The quantitative estimate of drug-likeness (QED) is 0.160. The first-order valence-corrected chi connectivity index (χ1v) is 15.3. The Morgan fingerprint density at radius 3 is 2.54 bits per heavy atom. The molecule has 0 aromatic heterocycles. The number of esters is 1. The predicted molar refractivity (Wildman–Crippen MR) is 152 cm³/mol. The zero-order chi connectivity index (χ0) is 30.4. The summed E-state index contributed by atoms with van der Waals surface area (Å²) in [5.74, 6) is 4.92. The van der Waals surface area contributed by atoms with Gasteiger partial charge in [-0.15, -0.1) is 0 Å². The van der Waals surface area contributed by atoms with Gasteiger partial charge in [-0.05, 0) is 57.6 Å². The van der Waals surface area contributed by atoms with Crippen LogP contribution in [0.1, 0.15) is 58.9 Å². The lowest BCUT2D eigenvalue weighted by Crippen LogP contribution is -2.53. The summed E-state index contributed by atoms with van der Waals surface area (Å²) in [6.45, 7) is 8.96. The zero-order valence-electron chi connectivity index (χ0n) is 24.2. The Bertz CT molecular complexity index is 1340. The van der Waals surface area contributed by atoms with Gasteiger partial charge in [0.25, 0.3) is 5.69 Å². The summed E-state index contributed by atoms with van der Waals surface area (Å²) in [6, 6.07) is 3.13. The van der Waals surface area contributed by atoms with E-state index in [0.717, 1.165) is 6.07 Å². The SMILES string of the molecule is C/C=C\C(C)(C#Cc1ccc(S(=O)(=O)NC2CCC(C(=O)N3CCOC[C@@H]3C(C)C)CC2)cc1[N+](=O)[O-])C(=O)OC. The molecule has 1 aliphatic heterocycles. The second-order valence-corrected chi connectivity index (χ2v) is 12.7. The van der Waals surface area contributed by atoms with Crippen LogP contribution in [-0.4, -0.2) is 69.1 Å². The number of benzene rings is 1. The number of sulfonamides is 1. The normalized spacial score (nSPS) is 23.0. The average Bonchev–Trinajstić information content (AvgIpc) is 2.95. The number of nitrogens with one attached hydrogen (secondary N) is 1. The standard InChI is InChI=1S/C29H39N3O8S/c1-6-14-29(4,28(34)39-5)15-13-21-9-12-24(18-25(21)32(35)36)41(37,38)30-23-10-7-22(8-11-23)27(33)31-16-17-40-19-26(31)20(2)3/h6,9,12,14,18,20,22-23,26,30H,7-8,10-11,16-17,19H2,1-5H3/b14-6-/t22?,23?,26-,29?/m1/s1. The van der Waals surface area contributed by atoms with E-state index in [9.17, 15) is 28.1 Å². The molecular formula is C29H39N3O8S. The van der Waals surface area contributed by atoms with Crippen LogP contribution in [0.2, 0.25) is 0 Å². The van der Waals surface area contributed by atoms with Crippen LogP contribution in [0, 0.1) is 39.2 Å². The molecule has 1 N–H and O–H groups in total. The van der Waals surface area contributed by atoms with Crippen molar-refractivity contribution in [3.63, 3.8) is 0 Å². The van der Waals surface area contributed by atoms with Crippen molar-refractivity contribution in [2.24, 2.45) is 17.3 Å². The summed E-state index contributed by atoms with van der Waals surface area (Å²) < 4.78 is 39.4. The lowest BCUT2D eigenvalue weighted by molar-refractivity contribution is -0.385. The average molecular weight is 590 g/mol. The van der Waals surface area contributed by atoms with Gasteiger partial charge in [0.05, 0.1) is 36.2 Å². The molecule has 1 aromatic rings. The summed E-state index contributed by atoms with van der Waals surface area (Å²) in [5.41, 5.74) is -1.86. The third kappa shape index (κ3) is 7.72. The van der Waals surface area contributed by atoms with Crippen LogP contribution >= 0.6 is 0 Å². The summed E-state index contributed by atoms with van der Waals surface area (Å²) in [6.07, 6.45) is 5.20. The number of nitro benzene ring substituents is 1. The van der Waals surface area contributed by atoms with Gasteiger partial charge < -0.3 is 14.4 Å². The molecule has 1 aromatic carbocycles. The minimum atomic E-state index is -4.08. The van der Waals surface area contributed by atoms with Gasteiger partial charge in [0.15, 0.2) is 0 Å². The van der Waals surface area contributed by atoms with Crippen LogP contribution < -0.4 is 4.72 Å². The smallest absolute Gasteiger partial charge is 0.327 e. The maximum Gasteiger partial charge on any atom is 0.327 e. The Labute approximate surface area is 241 Å². The molecule has 0 radical (unpaired) electrons. The first kappa shape index (κ1) is 32.2. The maximum absolute atomic E-state index is 13.2. The topological polar surface area (TPSA) is 145 Å². The Kier molecular flexibility index (Phi) is 10.7. The lowest BCUT2D eigenvalue weighted by atomic mass is 9.85. The fraction of sp³-hybridized carbons (Fsp3) is 0.586. The molecule has 1 saturated carbocycles. The van der Waals surface area contributed by atoms with Crippen molar-refractivity contribution in [1.82, 2.24) is 9.62 Å². The zero-order valence-corrected chi connectivity index (χ0v) is 25.0. The predicted octanol–water partition coefficient (Wildman–Crippen LogP) is 3.42. The van der Waals surface area contributed by atoms with Crippen LogP contribution in [0.15, 0.2) is 35.2 Å². The Morgan fingerprint density at radius 2 is 1.95 bits per heavy atom. The molecule has 2 aliphatic rings. The van der Waals surface area contributed by atoms with Crippen molar-refractivity contribution in [3.8, 4) is 11.8 Å². The Hall–Kier alpha value is -3.27. The molecular weight excluding hydrogens is 550 g/mol. The number of nitrogens with zero attached hydrogens (tertiary/aromatic N) is 2. The molecule has 1 unspecified atom stereocenters. The number of allylic oxidation sites excluding steroid dienone is 1. The van der Waals surface area contributed by atoms with E-state index < -0.39 is 38.1 Å². The van der Waals surface area contributed by atoms with Crippen LogP contribution in [-0.2, 0) is 29.1 Å². The van der Waals surface area contributed by atoms with E-state index in [1.54, 1.807) is 13.0 Å². The van der Waals surface area contributed by atoms with Gasteiger partial charge in [-0.25, -0.2) is 13.1 Å². The molecule has 12 heteroatoms. The molecule has 41 heavy (non-hydrogen) atoms. The summed E-state index contributed by atoms with van der Waals surface area (Å²) in [7, 11) is -2.86. The van der Waals surface area contributed by atoms with E-state index in [-0.39, 0.29) is 34.2 Å². The first-order valence-electron chi connectivity index (χ1n) is 13.8. The molecule has 0 spiro atoms. The molecule has 3 rings (SSSR count). The number of rotatable bonds is 8. The maximum atomic E-state index is 13.2. The molecule has 1 saturated heterocycles. The van der Waals surface area contributed by atoms with Gasteiger partial charge in [-0.1, -0.05) is 37.8 Å². The van der Waals surface area contributed by atoms with E-state index in [4.69, 9.17) is 9.47 Å². The number of hydrogen-bond donors (Lipinski definition) is 1. The van der Waals surface area contributed by atoms with Crippen molar-refractivity contribution < 1.29 is 32.4 Å². The highest BCUT2D eigenvalue weighted by Gasteiger charge is 2.36. The Balaban J connectivity index is 1.72. The fourth-order valence-corrected chi connectivity index (χ4v) is 6.59. The number of hydrogen-bond acceptors (Lipinski definition) is 8. The van der Waals surface area contributed by atoms with Gasteiger partial charge >= 0.3 is 5.97 Å².